The molecule has 0 fully saturated rings. The van der Waals surface area contributed by atoms with Crippen molar-refractivity contribution in [2.45, 2.75) is 32.7 Å². The van der Waals surface area contributed by atoms with Gasteiger partial charge in [0.15, 0.2) is 5.69 Å². The van der Waals surface area contributed by atoms with Gasteiger partial charge in [-0.25, -0.2) is 0 Å². The van der Waals surface area contributed by atoms with E-state index in [-0.39, 0.29) is 11.7 Å². The molecule has 14 heavy (non-hydrogen) atoms. The Bertz CT molecular complexity index is 317. The minimum Gasteiger partial charge on any atom is -0.390 e. The molecule has 1 heterocycles. The van der Waals surface area contributed by atoms with Crippen LogP contribution in [0.4, 0.5) is 13.2 Å². The van der Waals surface area contributed by atoms with Gasteiger partial charge in [-0.1, -0.05) is 0 Å². The number of aliphatic hydroxyl groups excluding tert-OH is 1. The van der Waals surface area contributed by atoms with E-state index in [0.717, 1.165) is 6.07 Å². The van der Waals surface area contributed by atoms with Crippen molar-refractivity contribution in [3.8, 4) is 0 Å². The van der Waals surface area contributed by atoms with Crippen LogP contribution >= 0.6 is 0 Å². The fourth-order valence-corrected chi connectivity index (χ4v) is 1.14. The number of alkyl halides is 3. The normalized spacial score (nSPS) is 12.5. The largest absolute Gasteiger partial charge is 0.435 e. The predicted molar refractivity (Wildman–Crippen MR) is 43.5 cm³/mol. The Hall–Kier alpha value is -1.04. The fourth-order valence-electron chi connectivity index (χ4n) is 1.14. The van der Waals surface area contributed by atoms with Crippen molar-refractivity contribution in [3.05, 3.63) is 17.5 Å². The Balaban J connectivity index is 3.13. The van der Waals surface area contributed by atoms with E-state index >= 15 is 0 Å². The summed E-state index contributed by atoms with van der Waals surface area (Å²) < 4.78 is 37.8. The number of rotatable bonds is 2. The van der Waals surface area contributed by atoms with E-state index in [1.807, 2.05) is 0 Å². The second kappa shape index (κ2) is 3.61. The van der Waals surface area contributed by atoms with Crippen molar-refractivity contribution in [2.75, 3.05) is 0 Å². The highest BCUT2D eigenvalue weighted by molar-refractivity contribution is 5.13. The molecule has 0 aliphatic rings. The van der Waals surface area contributed by atoms with Crippen LogP contribution in [-0.2, 0) is 12.8 Å². The lowest BCUT2D eigenvalue weighted by atomic mass is 10.3. The van der Waals surface area contributed by atoms with Crippen molar-refractivity contribution < 1.29 is 18.3 Å². The summed E-state index contributed by atoms with van der Waals surface area (Å²) in [5, 5.41) is 12.2. The fraction of sp³-hybridized carbons (Fsp3) is 0.625. The first-order valence-electron chi connectivity index (χ1n) is 4.12. The van der Waals surface area contributed by atoms with Crippen LogP contribution in [0.25, 0.3) is 0 Å². The van der Waals surface area contributed by atoms with Gasteiger partial charge in [-0.15, -0.1) is 0 Å². The molecule has 0 atom stereocenters. The molecule has 80 valence electrons. The number of nitrogens with zero attached hydrogens (tertiary/aromatic N) is 2. The van der Waals surface area contributed by atoms with Gasteiger partial charge in [-0.05, 0) is 19.9 Å². The van der Waals surface area contributed by atoms with Gasteiger partial charge in [0.1, 0.15) is 0 Å². The smallest absolute Gasteiger partial charge is 0.390 e. The van der Waals surface area contributed by atoms with Gasteiger partial charge < -0.3 is 5.11 Å². The van der Waals surface area contributed by atoms with Crippen LogP contribution in [0, 0.1) is 0 Å². The molecule has 0 spiro atoms. The zero-order valence-corrected chi connectivity index (χ0v) is 7.84. The molecule has 0 amide bonds. The number of hydrogen-bond acceptors (Lipinski definition) is 2. The van der Waals surface area contributed by atoms with Crippen molar-refractivity contribution >= 4 is 0 Å². The summed E-state index contributed by atoms with van der Waals surface area (Å²) in [7, 11) is 0. The topological polar surface area (TPSA) is 38.0 Å². The molecule has 1 aromatic heterocycles. The molecular weight excluding hydrogens is 197 g/mol. The monoisotopic (exact) mass is 208 g/mol. The van der Waals surface area contributed by atoms with Crippen molar-refractivity contribution in [2.24, 2.45) is 0 Å². The molecule has 0 radical (unpaired) electrons. The zero-order valence-electron chi connectivity index (χ0n) is 7.84. The molecule has 0 bridgehead atoms. The lowest BCUT2D eigenvalue weighted by Crippen LogP contribution is -2.10. The Morgan fingerprint density at radius 1 is 1.50 bits per heavy atom. The first kappa shape index (κ1) is 11.0. The molecule has 1 rings (SSSR count). The average molecular weight is 208 g/mol. The van der Waals surface area contributed by atoms with Gasteiger partial charge in [0.05, 0.1) is 12.3 Å². The van der Waals surface area contributed by atoms with E-state index in [1.54, 1.807) is 13.8 Å². The van der Waals surface area contributed by atoms with E-state index in [9.17, 15) is 13.2 Å². The Morgan fingerprint density at radius 2 is 2.07 bits per heavy atom. The van der Waals surface area contributed by atoms with E-state index in [1.165, 1.54) is 4.68 Å². The summed E-state index contributed by atoms with van der Waals surface area (Å²) in [6, 6.07) is 0.660. The van der Waals surface area contributed by atoms with E-state index < -0.39 is 18.5 Å². The van der Waals surface area contributed by atoms with Crippen LogP contribution in [0.3, 0.4) is 0 Å². The standard InChI is InChI=1S/C8H11F3N2O/c1-5(2)13-6(4-14)3-7(12-13)8(9,10)11/h3,5,14H,4H2,1-2H3. The second-order valence-corrected chi connectivity index (χ2v) is 3.22. The van der Waals surface area contributed by atoms with Crippen molar-refractivity contribution in [1.29, 1.82) is 0 Å². The van der Waals surface area contributed by atoms with Crippen LogP contribution in [0.2, 0.25) is 0 Å². The molecule has 0 aliphatic heterocycles. The summed E-state index contributed by atoms with van der Waals surface area (Å²) >= 11 is 0. The van der Waals surface area contributed by atoms with E-state index in [0.29, 0.717) is 0 Å². The maximum atomic E-state index is 12.2. The van der Waals surface area contributed by atoms with Crippen LogP contribution in [-0.4, -0.2) is 14.9 Å². The van der Waals surface area contributed by atoms with Gasteiger partial charge in [0, 0.05) is 6.04 Å². The lowest BCUT2D eigenvalue weighted by molar-refractivity contribution is -0.141. The third-order valence-electron chi connectivity index (χ3n) is 1.75. The molecule has 0 unspecified atom stereocenters. The number of aromatic nitrogens is 2. The minimum atomic E-state index is -4.45. The van der Waals surface area contributed by atoms with Gasteiger partial charge in [-0.2, -0.15) is 18.3 Å². The molecule has 1 aromatic rings. The maximum Gasteiger partial charge on any atom is 0.435 e. The Kier molecular flexibility index (Phi) is 2.84. The third kappa shape index (κ3) is 2.06. The molecule has 0 saturated carbocycles. The zero-order chi connectivity index (χ0) is 10.9. The van der Waals surface area contributed by atoms with Gasteiger partial charge in [0.2, 0.25) is 0 Å². The Labute approximate surface area is 79.2 Å². The molecule has 0 aromatic carbocycles. The Morgan fingerprint density at radius 3 is 2.36 bits per heavy atom. The number of halogens is 3. The summed E-state index contributed by atoms with van der Waals surface area (Å²) in [6.45, 7) is 2.96. The number of hydrogen-bond donors (Lipinski definition) is 1. The molecular formula is C8H11F3N2O. The first-order chi connectivity index (χ1) is 6.36. The lowest BCUT2D eigenvalue weighted by Gasteiger charge is -2.08. The second-order valence-electron chi connectivity index (χ2n) is 3.22. The van der Waals surface area contributed by atoms with Crippen LogP contribution in [0.5, 0.6) is 0 Å². The third-order valence-corrected chi connectivity index (χ3v) is 1.75. The molecule has 6 heteroatoms. The van der Waals surface area contributed by atoms with Crippen LogP contribution < -0.4 is 0 Å². The highest BCUT2D eigenvalue weighted by Crippen LogP contribution is 2.29. The minimum absolute atomic E-state index is 0.173. The summed E-state index contributed by atoms with van der Waals surface area (Å²) in [5.41, 5.74) is -0.789. The van der Waals surface area contributed by atoms with Crippen molar-refractivity contribution in [3.63, 3.8) is 0 Å². The molecule has 0 saturated heterocycles. The van der Waals surface area contributed by atoms with Gasteiger partial charge in [-0.3, -0.25) is 4.68 Å². The quantitative estimate of drug-likeness (QED) is 0.806. The number of aliphatic hydroxyl groups is 1. The molecule has 3 nitrogen and oxygen atoms in total. The first-order valence-corrected chi connectivity index (χ1v) is 4.12. The maximum absolute atomic E-state index is 12.2. The summed E-state index contributed by atoms with van der Waals surface area (Å²) in [6.07, 6.45) is -4.45. The van der Waals surface area contributed by atoms with E-state index in [2.05, 4.69) is 5.10 Å². The highest BCUT2D eigenvalue weighted by Gasteiger charge is 2.34. The molecule has 1 N–H and O–H groups in total. The van der Waals surface area contributed by atoms with E-state index in [4.69, 9.17) is 5.11 Å². The molecule has 0 aliphatic carbocycles. The summed E-state index contributed by atoms with van der Waals surface area (Å²) in [5.74, 6) is 0. The SMILES string of the molecule is CC(C)n1nc(C(F)(F)F)cc1CO. The van der Waals surface area contributed by atoms with Crippen molar-refractivity contribution in [1.82, 2.24) is 9.78 Å². The van der Waals surface area contributed by atoms with Crippen LogP contribution in [0.15, 0.2) is 6.07 Å². The summed E-state index contributed by atoms with van der Waals surface area (Å²) in [4.78, 5) is 0. The van der Waals surface area contributed by atoms with Gasteiger partial charge >= 0.3 is 6.18 Å². The predicted octanol–water partition coefficient (Wildman–Crippen LogP) is 1.98. The van der Waals surface area contributed by atoms with Gasteiger partial charge in [0.25, 0.3) is 0 Å². The highest BCUT2D eigenvalue weighted by atomic mass is 19.4. The van der Waals surface area contributed by atoms with Crippen LogP contribution in [0.1, 0.15) is 31.3 Å². The average Bonchev–Trinajstić information content (AvgIpc) is 2.45.